The maximum absolute atomic E-state index is 11.5. The number of carbonyl (C=O) groups is 2. The average Bonchev–Trinajstić information content (AvgIpc) is 1.56. The fraction of sp³-hybridized carbons (Fsp3) is 0.519. The number of hydrogen-bond acceptors (Lipinski definition) is 10. The summed E-state index contributed by atoms with van der Waals surface area (Å²) in [7, 11) is -3.77. The maximum Gasteiger partial charge on any atom is 0.410 e. The van der Waals surface area contributed by atoms with Crippen LogP contribution in [0.5, 0.6) is 0 Å². The van der Waals surface area contributed by atoms with Crippen molar-refractivity contribution in [2.24, 2.45) is 0 Å². The van der Waals surface area contributed by atoms with Gasteiger partial charge in [-0.25, -0.2) is 4.79 Å². The molecular formula is C79H112ClN9O9Si2. The molecule has 0 spiro atoms. The van der Waals surface area contributed by atoms with Gasteiger partial charge in [-0.2, -0.15) is 0 Å². The second-order valence-corrected chi connectivity index (χ2v) is 41.7. The normalized spacial score (nSPS) is 15.5. The average molecular weight is 1420 g/mol. The van der Waals surface area contributed by atoms with E-state index in [-0.39, 0.29) is 38.8 Å². The summed E-state index contributed by atoms with van der Waals surface area (Å²) in [5.41, 5.74) is 21.8. The molecule has 3 aliphatic carbocycles. The number of anilines is 1. The number of carbonyl (C=O) groups excluding carboxylic acids is 2. The van der Waals surface area contributed by atoms with Gasteiger partial charge in [-0.1, -0.05) is 121 Å². The third kappa shape index (κ3) is 18.3. The molecule has 2 fully saturated rings. The van der Waals surface area contributed by atoms with Crippen LogP contribution in [-0.4, -0.2) is 91.5 Å². The molecule has 542 valence electrons. The molecule has 5 heterocycles. The number of nitro benzene ring substituents is 3. The summed E-state index contributed by atoms with van der Waals surface area (Å²) in [5, 5.41) is 37.3. The Kier molecular flexibility index (Phi) is 28.0. The quantitative estimate of drug-likeness (QED) is 0.0306. The lowest BCUT2D eigenvalue weighted by Gasteiger charge is -2.44. The number of benzene rings is 4. The van der Waals surface area contributed by atoms with Crippen molar-refractivity contribution in [1.29, 1.82) is 0 Å². The Hall–Kier alpha value is -7.82. The number of nitrogens with two attached hydrogens (primary N) is 1. The van der Waals surface area contributed by atoms with Crippen LogP contribution in [0.2, 0.25) is 33.2 Å². The number of ether oxygens (including phenoxy) is 1. The number of likely N-dealkylation sites (tertiary alicyclic amines) is 1. The number of nitrogen functional groups attached to an aromatic ring is 1. The molecule has 0 unspecified atom stereocenters. The Balaban J connectivity index is 0.000000180. The molecule has 18 nitrogen and oxygen atoms in total. The van der Waals surface area contributed by atoms with Gasteiger partial charge in [-0.05, 0) is 189 Å². The van der Waals surface area contributed by atoms with E-state index in [4.69, 9.17) is 10.5 Å². The molecule has 4 aromatic heterocycles. The Morgan fingerprint density at radius 2 is 1.03 bits per heavy atom. The van der Waals surface area contributed by atoms with E-state index in [9.17, 15) is 39.9 Å². The van der Waals surface area contributed by atoms with Gasteiger partial charge in [0.05, 0.1) is 25.8 Å². The Morgan fingerprint density at radius 1 is 0.560 bits per heavy atom. The van der Waals surface area contributed by atoms with Crippen molar-refractivity contribution in [1.82, 2.24) is 23.3 Å². The van der Waals surface area contributed by atoms with Crippen LogP contribution >= 0.6 is 11.6 Å². The third-order valence-electron chi connectivity index (χ3n) is 21.2. The van der Waals surface area contributed by atoms with Gasteiger partial charge in [-0.15, -0.1) is 11.6 Å². The number of halogens is 1. The first-order valence-electron chi connectivity index (χ1n) is 36.4. The molecule has 1 aliphatic heterocycles. The van der Waals surface area contributed by atoms with E-state index >= 15 is 0 Å². The lowest BCUT2D eigenvalue weighted by atomic mass is 9.84. The number of piperidine rings is 1. The first-order chi connectivity index (χ1) is 47.4. The van der Waals surface area contributed by atoms with Gasteiger partial charge in [-0.3, -0.25) is 35.1 Å². The highest BCUT2D eigenvalue weighted by molar-refractivity contribution is 6.83. The highest BCUT2D eigenvalue weighted by atomic mass is 35.5. The summed E-state index contributed by atoms with van der Waals surface area (Å²) in [5.74, 6) is 0.958. The van der Waals surface area contributed by atoms with Crippen LogP contribution in [0.15, 0.2) is 116 Å². The number of H-pyrrole nitrogens is 2. The van der Waals surface area contributed by atoms with Gasteiger partial charge < -0.3 is 33.8 Å². The Labute approximate surface area is 599 Å². The summed E-state index contributed by atoms with van der Waals surface area (Å²) in [6, 6.07) is 23.7. The zero-order valence-electron chi connectivity index (χ0n) is 62.3. The monoisotopic (exact) mass is 1420 g/mol. The van der Waals surface area contributed by atoms with E-state index in [2.05, 4.69) is 156 Å². The number of amides is 1. The standard InChI is InChI=1S/C23H34N2O2Si.C23H38N2Si.C14H14N2O2.C10H17NO3.C8H6N2O2.CH3Cl/c1-16(2)28(17(3)4,18(5)6)24-15-22(19-10-8-7-9-11-19)21-13-12-20(25(26)27)14-23(21)24;1-16(2)26(17(3)4,18(5)6)25-15-22(19-10-8-7-9-11-19)21-13-12-20(24)14-23(21)25;17-16(18)11-6-7-12-13(9-15-14(12)8-11)10-4-2-1-3-5-10;1-10(2,3)14-9(13)11-6-4-8(12)5-7-11;11-10(12)7-2-1-6-3-4-9-8(6)5-7;1-2/h10,12-18H,7-9,11H2,1-6H3;12-19H,7-11,24H2,1-6H3;4,6-9,15H,1-3,5H2;4-7H2,1-3H3;1-5,9H;1H3. The molecule has 4 N–H and O–H groups in total. The molecule has 4 aromatic carbocycles. The molecule has 0 radical (unpaired) electrons. The van der Waals surface area contributed by atoms with E-state index in [0.717, 1.165) is 64.6 Å². The van der Waals surface area contributed by atoms with Gasteiger partial charge in [0.25, 0.3) is 17.1 Å². The number of ketones is 1. The van der Waals surface area contributed by atoms with Crippen molar-refractivity contribution >= 4 is 117 Å². The largest absolute Gasteiger partial charge is 0.444 e. The summed E-state index contributed by atoms with van der Waals surface area (Å²) < 4.78 is 10.5. The van der Waals surface area contributed by atoms with Crippen molar-refractivity contribution < 1.29 is 29.1 Å². The van der Waals surface area contributed by atoms with Crippen LogP contribution in [0.4, 0.5) is 27.5 Å². The molecule has 21 heteroatoms. The minimum absolute atomic E-state index is 0.116. The number of aromatic amines is 2. The highest BCUT2D eigenvalue weighted by Crippen LogP contribution is 2.49. The predicted molar refractivity (Wildman–Crippen MR) is 420 cm³/mol. The number of aromatic nitrogens is 4. The Bertz CT molecular complexity index is 4130. The zero-order valence-corrected chi connectivity index (χ0v) is 65.1. The van der Waals surface area contributed by atoms with Crippen LogP contribution in [0.3, 0.4) is 0 Å². The van der Waals surface area contributed by atoms with Crippen LogP contribution < -0.4 is 5.73 Å². The number of fused-ring (bicyclic) bond motifs is 4. The number of nitrogens with one attached hydrogen (secondary N) is 2. The van der Waals surface area contributed by atoms with Gasteiger partial charge in [0.15, 0.2) is 16.5 Å². The van der Waals surface area contributed by atoms with Crippen molar-refractivity contribution in [3.63, 3.8) is 0 Å². The SMILES string of the molecule is CC(C)(C)OC(=O)N1CCC(=O)CC1.CC(C)[Si](C(C)C)(C(C)C)n1cc(C2=CCCCC2)c2ccc([N+](=O)[O-])cc21.CC(C)[Si](C(C)C)(C(C)C)n1cc(C2CCCCC2)c2ccc(N)cc21.CCl.O=[N+]([O-])c1ccc2c(C3=CCCCC3)c[nH]c2c1.O=[N+]([O-])c1ccc2cc[nH]c2c1. The maximum atomic E-state index is 11.5. The van der Waals surface area contributed by atoms with Crippen molar-refractivity contribution in [3.8, 4) is 0 Å². The van der Waals surface area contributed by atoms with E-state index in [0.29, 0.717) is 59.2 Å². The molecule has 100 heavy (non-hydrogen) atoms. The second kappa shape index (κ2) is 35.2. The van der Waals surface area contributed by atoms with Crippen LogP contribution in [-0.2, 0) is 9.53 Å². The number of rotatable bonds is 14. The topological polar surface area (TPSA) is 243 Å². The Morgan fingerprint density at radius 3 is 1.53 bits per heavy atom. The molecule has 4 aliphatic rings. The van der Waals surface area contributed by atoms with Crippen LogP contribution in [0, 0.1) is 30.3 Å². The molecule has 0 atom stereocenters. The second-order valence-electron chi connectivity index (χ2n) is 30.3. The smallest absolute Gasteiger partial charge is 0.410 e. The van der Waals surface area contributed by atoms with E-state index in [1.165, 1.54) is 115 Å². The number of alkyl halides is 1. The van der Waals surface area contributed by atoms with Gasteiger partial charge in [0.1, 0.15) is 11.4 Å². The number of nitrogens with zero attached hydrogens (tertiary/aromatic N) is 6. The number of hydrogen-bond donors (Lipinski definition) is 3. The number of Topliss-reactive ketones (excluding diaryl/α,β-unsaturated/α-hetero) is 1. The van der Waals surface area contributed by atoms with Crippen molar-refractivity contribution in [3.05, 3.63) is 163 Å². The zero-order chi connectivity index (χ0) is 73.6. The van der Waals surface area contributed by atoms with E-state index in [1.807, 2.05) is 51.2 Å². The van der Waals surface area contributed by atoms with E-state index < -0.39 is 27.0 Å². The predicted octanol–water partition coefficient (Wildman–Crippen LogP) is 23.4. The van der Waals surface area contributed by atoms with Gasteiger partial charge in [0.2, 0.25) is 0 Å². The van der Waals surface area contributed by atoms with Crippen molar-refractivity contribution in [2.75, 3.05) is 25.2 Å². The summed E-state index contributed by atoms with van der Waals surface area (Å²) in [6.07, 6.45) is 31.7. The molecule has 1 saturated carbocycles. The molecule has 1 saturated heterocycles. The summed E-state index contributed by atoms with van der Waals surface area (Å²) >= 11 is 4.64. The number of allylic oxidation sites excluding steroid dienone is 4. The van der Waals surface area contributed by atoms with Crippen molar-refractivity contribution in [2.45, 2.75) is 245 Å². The lowest BCUT2D eigenvalue weighted by Crippen LogP contribution is -2.51. The fourth-order valence-electron chi connectivity index (χ4n) is 17.0. The summed E-state index contributed by atoms with van der Waals surface area (Å²) in [4.78, 5) is 61.7. The van der Waals surface area contributed by atoms with Gasteiger partial charge in [0, 0.05) is 131 Å². The van der Waals surface area contributed by atoms with Gasteiger partial charge >= 0.3 is 6.09 Å². The minimum Gasteiger partial charge on any atom is -0.444 e. The number of non-ortho nitro benzene ring substituents is 3. The first kappa shape index (κ1) is 79.5. The molecule has 12 rings (SSSR count). The first-order valence-corrected chi connectivity index (χ1v) is 41.5. The highest BCUT2D eigenvalue weighted by Gasteiger charge is 2.48. The van der Waals surface area contributed by atoms with E-state index in [1.54, 1.807) is 40.9 Å². The molecule has 0 bridgehead atoms. The lowest BCUT2D eigenvalue weighted by molar-refractivity contribution is -0.384. The summed E-state index contributed by atoms with van der Waals surface area (Å²) in [6.45, 7) is 35.2. The molecule has 8 aromatic rings. The minimum atomic E-state index is -2.00. The third-order valence-corrected chi connectivity index (χ3v) is 34.7. The van der Waals surface area contributed by atoms with Crippen LogP contribution in [0.25, 0.3) is 54.8 Å². The molecule has 1 amide bonds. The number of nitro groups is 3. The molecular weight excluding hydrogens is 1310 g/mol. The fourth-order valence-corrected chi connectivity index (χ4v) is 30.2. The van der Waals surface area contributed by atoms with Crippen LogP contribution in [0.1, 0.15) is 223 Å².